The third-order valence-corrected chi connectivity index (χ3v) is 4.11. The average molecular weight is 408 g/mol. The van der Waals surface area contributed by atoms with Crippen LogP contribution in [-0.4, -0.2) is 58.6 Å². The maximum absolute atomic E-state index is 12.6. The lowest BCUT2D eigenvalue weighted by Crippen LogP contribution is -2.35. The second kappa shape index (κ2) is 11.1. The molecule has 1 unspecified atom stereocenters. The van der Waals surface area contributed by atoms with Gasteiger partial charge in [0, 0.05) is 13.6 Å². The summed E-state index contributed by atoms with van der Waals surface area (Å²) in [4.78, 5) is 15.1. The number of hydrogen-bond donors (Lipinski definition) is 5. The Hall–Kier alpha value is -3.05. The number of carbonyl (C=O) groups is 1. The number of hydroxylamine groups is 1. The van der Waals surface area contributed by atoms with Gasteiger partial charge in [0.25, 0.3) is 0 Å². The van der Waals surface area contributed by atoms with Crippen LogP contribution in [0.5, 0.6) is 0 Å². The minimum atomic E-state index is -0.620. The lowest BCUT2D eigenvalue weighted by molar-refractivity contribution is -0.119. The van der Waals surface area contributed by atoms with E-state index >= 15 is 0 Å². The van der Waals surface area contributed by atoms with E-state index in [9.17, 15) is 9.18 Å². The number of amides is 1. The number of fused-ring (bicyclic) bond motifs is 1. The number of aryl methyl sites for hydroxylation is 2. The van der Waals surface area contributed by atoms with Gasteiger partial charge in [-0.05, 0) is 59.8 Å². The Morgan fingerprint density at radius 3 is 2.79 bits per heavy atom. The normalized spacial score (nSPS) is 13.8. The van der Waals surface area contributed by atoms with Crippen molar-refractivity contribution in [1.82, 2.24) is 21.1 Å². The predicted octanol–water partition coefficient (Wildman–Crippen LogP) is 0.648. The van der Waals surface area contributed by atoms with E-state index in [1.54, 1.807) is 19.1 Å². The lowest BCUT2D eigenvalue weighted by atomic mass is 10.1. The highest BCUT2D eigenvalue weighted by molar-refractivity contribution is 6.00. The Kier molecular flexibility index (Phi) is 8.49. The summed E-state index contributed by atoms with van der Waals surface area (Å²) in [6.45, 7) is 1.63. The maximum Gasteiger partial charge on any atom is 0.239 e. The highest BCUT2D eigenvalue weighted by atomic mass is 19.1. The molecule has 0 radical (unpaired) electrons. The number of aliphatic hydroxyl groups is 1. The van der Waals surface area contributed by atoms with Crippen molar-refractivity contribution in [2.75, 3.05) is 25.5 Å². The second-order valence-corrected chi connectivity index (χ2v) is 6.42. The first-order chi connectivity index (χ1) is 13.9. The molecule has 0 saturated carbocycles. The zero-order chi connectivity index (χ0) is 21.2. The van der Waals surface area contributed by atoms with E-state index in [1.807, 2.05) is 11.5 Å². The number of carbonyl (C=O) groups excluding carboxylic acids is 1. The first kappa shape index (κ1) is 22.2. The van der Waals surface area contributed by atoms with Crippen LogP contribution in [0.2, 0.25) is 0 Å². The molecule has 10 nitrogen and oxygen atoms in total. The average Bonchev–Trinajstić information content (AvgIpc) is 3.35. The number of aliphatic hydroxyl groups excluding tert-OH is 1. The Morgan fingerprint density at radius 1 is 1.34 bits per heavy atom. The summed E-state index contributed by atoms with van der Waals surface area (Å²) >= 11 is 0. The molecule has 1 atom stereocenters. The fraction of sp³-hybridized carbons (Fsp3) is 0.444. The number of aromatic nitrogens is 2. The molecule has 158 valence electrons. The van der Waals surface area contributed by atoms with Crippen LogP contribution in [0, 0.1) is 5.82 Å². The van der Waals surface area contributed by atoms with Gasteiger partial charge in [-0.25, -0.2) is 9.02 Å². The van der Waals surface area contributed by atoms with E-state index in [-0.39, 0.29) is 42.2 Å². The molecule has 1 aromatic heterocycles. The van der Waals surface area contributed by atoms with E-state index in [0.29, 0.717) is 0 Å². The van der Waals surface area contributed by atoms with Crippen LogP contribution in [0.4, 0.5) is 10.2 Å². The highest BCUT2D eigenvalue weighted by Crippen LogP contribution is 2.21. The SMILES string of the molecule is CN=C(NO)c1nonc1NCC(=O)NCC(C)O.Fc1ccc2c(c1)CCC2. The molecule has 1 aromatic carbocycles. The smallest absolute Gasteiger partial charge is 0.239 e. The first-order valence-electron chi connectivity index (χ1n) is 9.10. The van der Waals surface area contributed by atoms with Gasteiger partial charge in [0.05, 0.1) is 12.6 Å². The number of anilines is 1. The van der Waals surface area contributed by atoms with Gasteiger partial charge < -0.3 is 15.7 Å². The van der Waals surface area contributed by atoms with Crippen LogP contribution >= 0.6 is 0 Å². The van der Waals surface area contributed by atoms with Crippen LogP contribution in [0.15, 0.2) is 27.8 Å². The Bertz CT molecular complexity index is 840. The summed E-state index contributed by atoms with van der Waals surface area (Å²) in [7, 11) is 1.44. The molecule has 0 saturated heterocycles. The predicted molar refractivity (Wildman–Crippen MR) is 103 cm³/mol. The monoisotopic (exact) mass is 408 g/mol. The van der Waals surface area contributed by atoms with Gasteiger partial charge >= 0.3 is 0 Å². The third kappa shape index (κ3) is 6.80. The molecule has 29 heavy (non-hydrogen) atoms. The fourth-order valence-electron chi connectivity index (χ4n) is 2.70. The van der Waals surface area contributed by atoms with Gasteiger partial charge in [0.1, 0.15) is 5.82 Å². The van der Waals surface area contributed by atoms with Crippen LogP contribution in [0.25, 0.3) is 0 Å². The van der Waals surface area contributed by atoms with Crippen molar-refractivity contribution in [3.8, 4) is 0 Å². The van der Waals surface area contributed by atoms with Gasteiger partial charge in [-0.3, -0.25) is 20.5 Å². The molecule has 5 N–H and O–H groups in total. The highest BCUT2D eigenvalue weighted by Gasteiger charge is 2.16. The van der Waals surface area contributed by atoms with Gasteiger partial charge in [-0.15, -0.1) is 0 Å². The number of rotatable bonds is 6. The Morgan fingerprint density at radius 2 is 2.10 bits per heavy atom. The lowest BCUT2D eigenvalue weighted by Gasteiger charge is -2.08. The number of hydrogen-bond acceptors (Lipinski definition) is 8. The van der Waals surface area contributed by atoms with E-state index in [0.717, 1.165) is 12.8 Å². The first-order valence-corrected chi connectivity index (χ1v) is 9.10. The summed E-state index contributed by atoms with van der Waals surface area (Å²) in [5.74, 6) is -0.218. The van der Waals surface area contributed by atoms with Crippen molar-refractivity contribution in [2.24, 2.45) is 4.99 Å². The van der Waals surface area contributed by atoms with Crippen molar-refractivity contribution in [2.45, 2.75) is 32.3 Å². The Labute approximate surface area is 167 Å². The largest absolute Gasteiger partial charge is 0.392 e. The van der Waals surface area contributed by atoms with Gasteiger partial charge in [-0.2, -0.15) is 0 Å². The van der Waals surface area contributed by atoms with Crippen LogP contribution < -0.4 is 16.1 Å². The zero-order valence-corrected chi connectivity index (χ0v) is 16.3. The number of aliphatic imine (C=N–C) groups is 1. The van der Waals surface area contributed by atoms with E-state index in [2.05, 4.69) is 30.6 Å². The number of amidine groups is 1. The fourth-order valence-corrected chi connectivity index (χ4v) is 2.70. The second-order valence-electron chi connectivity index (χ2n) is 6.42. The summed E-state index contributed by atoms with van der Waals surface area (Å²) < 4.78 is 17.1. The molecule has 0 spiro atoms. The summed E-state index contributed by atoms with van der Waals surface area (Å²) in [5.41, 5.74) is 4.53. The van der Waals surface area contributed by atoms with E-state index < -0.39 is 6.10 Å². The van der Waals surface area contributed by atoms with Gasteiger partial charge in [0.2, 0.25) is 11.7 Å². The molecule has 1 aliphatic rings. The molecule has 0 fully saturated rings. The minimum Gasteiger partial charge on any atom is -0.392 e. The van der Waals surface area contributed by atoms with Crippen molar-refractivity contribution in [3.63, 3.8) is 0 Å². The number of nitrogens with zero attached hydrogens (tertiary/aromatic N) is 3. The van der Waals surface area contributed by atoms with Crippen molar-refractivity contribution in [3.05, 3.63) is 40.8 Å². The molecule has 1 heterocycles. The van der Waals surface area contributed by atoms with Crippen LogP contribution in [-0.2, 0) is 17.6 Å². The van der Waals surface area contributed by atoms with E-state index in [1.165, 1.54) is 24.6 Å². The van der Waals surface area contributed by atoms with E-state index in [4.69, 9.17) is 10.3 Å². The quantitative estimate of drug-likeness (QED) is 0.266. The third-order valence-electron chi connectivity index (χ3n) is 4.11. The van der Waals surface area contributed by atoms with Crippen LogP contribution in [0.3, 0.4) is 0 Å². The number of benzene rings is 1. The van der Waals surface area contributed by atoms with Gasteiger partial charge in [-0.1, -0.05) is 6.07 Å². The maximum atomic E-state index is 12.6. The molecule has 0 aliphatic heterocycles. The van der Waals surface area contributed by atoms with Crippen molar-refractivity contribution < 1.29 is 24.1 Å². The molecular weight excluding hydrogens is 383 g/mol. The molecular formula is C18H25FN6O4. The zero-order valence-electron chi connectivity index (χ0n) is 16.3. The van der Waals surface area contributed by atoms with Crippen molar-refractivity contribution in [1.29, 1.82) is 0 Å². The number of nitrogens with one attached hydrogen (secondary N) is 3. The topological polar surface area (TPSA) is 145 Å². The molecule has 0 bridgehead atoms. The minimum absolute atomic E-state index is 0.0492. The standard InChI is InChI=1S/C9H9F.C9H16N6O4/c10-9-5-4-7-2-1-3-8(7)6-9;1-5(16)3-11-6(17)4-12-9-7(14-19-15-9)8(10-2)13-18/h4-6H,1-3H2;5,16,18H,3-4H2,1-2H3,(H,10,13)(H,11,17)(H,12,15). The summed E-state index contributed by atoms with van der Waals surface area (Å²) in [6, 6.07) is 5.10. The molecule has 1 amide bonds. The summed E-state index contributed by atoms with van der Waals surface area (Å²) in [6.07, 6.45) is 2.77. The Balaban J connectivity index is 0.000000248. The number of halogens is 1. The van der Waals surface area contributed by atoms with Crippen molar-refractivity contribution >= 4 is 17.6 Å². The summed E-state index contributed by atoms with van der Waals surface area (Å²) in [5, 5.41) is 30.1. The molecule has 1 aliphatic carbocycles. The molecule has 2 aromatic rings. The van der Waals surface area contributed by atoms with Gasteiger partial charge in [0.15, 0.2) is 11.5 Å². The van der Waals surface area contributed by atoms with Crippen LogP contribution in [0.1, 0.15) is 30.2 Å². The molecule has 3 rings (SSSR count). The molecule has 11 heteroatoms.